The maximum atomic E-state index is 13.3. The van der Waals surface area contributed by atoms with Crippen LogP contribution in [0.1, 0.15) is 21.5 Å². The Morgan fingerprint density at radius 2 is 1.84 bits per heavy atom. The van der Waals surface area contributed by atoms with Crippen LogP contribution in [0.4, 0.5) is 5.69 Å². The zero-order chi connectivity index (χ0) is 22.1. The highest BCUT2D eigenvalue weighted by Crippen LogP contribution is 2.41. The Morgan fingerprint density at radius 1 is 1.13 bits per heavy atom. The molecule has 2 aliphatic carbocycles. The molecular formula is C22H17N2O6S+. The third kappa shape index (κ3) is 2.70. The second-order valence-electron chi connectivity index (χ2n) is 7.47. The van der Waals surface area contributed by atoms with Gasteiger partial charge in [-0.1, -0.05) is 24.3 Å². The average molecular weight is 437 g/mol. The number of hydrogen-bond donors (Lipinski definition) is 3. The first kappa shape index (κ1) is 19.4. The number of aliphatic hydroxyl groups is 1. The van der Waals surface area contributed by atoms with Gasteiger partial charge in [-0.15, -0.1) is 0 Å². The number of rotatable bonds is 2. The monoisotopic (exact) mass is 437 g/mol. The molecule has 0 fully saturated rings. The van der Waals surface area contributed by atoms with Crippen LogP contribution in [0.25, 0.3) is 5.76 Å². The standard InChI is InChI=1S/C22H16N2O6S/c1-10-7-13-22(16(8-10)31(28,29)23-2)30-15-9-14(25)17-18(19(15)24-13)21(27)12-6-4-3-5-11(12)20(17)26/h3-9,18,23,26H,1-2H3/p+1. The smallest absolute Gasteiger partial charge is 0.248 e. The quantitative estimate of drug-likeness (QED) is 0.635. The first-order chi connectivity index (χ1) is 14.7. The molecule has 1 aliphatic heterocycles. The van der Waals surface area contributed by atoms with E-state index in [1.54, 1.807) is 37.3 Å². The Hall–Kier alpha value is -3.56. The molecule has 3 aliphatic rings. The third-order valence-corrected chi connectivity index (χ3v) is 6.99. The number of aliphatic hydroxyl groups excluding tert-OH is 1. The van der Waals surface area contributed by atoms with E-state index in [9.17, 15) is 23.1 Å². The molecule has 5 rings (SSSR count). The Morgan fingerprint density at radius 3 is 2.55 bits per heavy atom. The van der Waals surface area contributed by atoms with Gasteiger partial charge in [0.25, 0.3) is 0 Å². The summed E-state index contributed by atoms with van der Waals surface area (Å²) in [5, 5.41) is 10.8. The summed E-state index contributed by atoms with van der Waals surface area (Å²) < 4.78 is 33.1. The molecule has 0 bridgehead atoms. The summed E-state index contributed by atoms with van der Waals surface area (Å²) in [6.07, 6.45) is 1.16. The maximum Gasteiger partial charge on any atom is 0.248 e. The van der Waals surface area contributed by atoms with E-state index in [0.717, 1.165) is 6.08 Å². The zero-order valence-corrected chi connectivity index (χ0v) is 17.3. The number of aryl methyl sites for hydroxylation is 1. The summed E-state index contributed by atoms with van der Waals surface area (Å²) in [5.74, 6) is -2.18. The van der Waals surface area contributed by atoms with Crippen molar-refractivity contribution >= 4 is 38.7 Å². The van der Waals surface area contributed by atoms with Gasteiger partial charge in [0.1, 0.15) is 16.6 Å². The van der Waals surface area contributed by atoms with Crippen LogP contribution in [0, 0.1) is 12.8 Å². The Balaban J connectivity index is 1.77. The summed E-state index contributed by atoms with van der Waals surface area (Å²) in [7, 11) is -2.56. The van der Waals surface area contributed by atoms with Gasteiger partial charge in [-0.2, -0.15) is 0 Å². The van der Waals surface area contributed by atoms with E-state index in [2.05, 4.69) is 9.71 Å². The van der Waals surface area contributed by atoms with Crippen LogP contribution < -0.4 is 14.5 Å². The highest BCUT2D eigenvalue weighted by Gasteiger charge is 2.50. The van der Waals surface area contributed by atoms with Crippen molar-refractivity contribution in [2.45, 2.75) is 11.8 Å². The van der Waals surface area contributed by atoms with E-state index in [4.69, 9.17) is 4.74 Å². The van der Waals surface area contributed by atoms with Gasteiger partial charge < -0.3 is 9.84 Å². The normalized spacial score (nSPS) is 19.5. The van der Waals surface area contributed by atoms with E-state index in [1.165, 1.54) is 13.1 Å². The highest BCUT2D eigenvalue weighted by molar-refractivity contribution is 7.89. The van der Waals surface area contributed by atoms with Crippen molar-refractivity contribution < 1.29 is 32.8 Å². The average Bonchev–Trinajstić information content (AvgIpc) is 2.75. The zero-order valence-electron chi connectivity index (χ0n) is 16.5. The van der Waals surface area contributed by atoms with Crippen molar-refractivity contribution in [1.82, 2.24) is 4.72 Å². The largest absolute Gasteiger partial charge is 0.507 e. The topological polar surface area (TPSA) is 124 Å². The van der Waals surface area contributed by atoms with Crippen molar-refractivity contribution in [1.29, 1.82) is 0 Å². The number of carbonyl (C=O) groups is 2. The van der Waals surface area contributed by atoms with E-state index < -0.39 is 21.7 Å². The fourth-order valence-electron chi connectivity index (χ4n) is 4.14. The number of carbonyl (C=O) groups excluding carboxylic acids is 2. The minimum Gasteiger partial charge on any atom is -0.507 e. The minimum absolute atomic E-state index is 0.0299. The van der Waals surface area contributed by atoms with Gasteiger partial charge in [0.15, 0.2) is 17.3 Å². The van der Waals surface area contributed by atoms with Crippen LogP contribution in [0.3, 0.4) is 0 Å². The van der Waals surface area contributed by atoms with Gasteiger partial charge in [0.2, 0.25) is 27.2 Å². The predicted octanol–water partition coefficient (Wildman–Crippen LogP) is 0.697. The molecule has 1 heterocycles. The van der Waals surface area contributed by atoms with Gasteiger partial charge in [-0.25, -0.2) is 18.1 Å². The molecule has 0 saturated carbocycles. The maximum absolute atomic E-state index is 13.3. The highest BCUT2D eigenvalue weighted by atomic mass is 32.2. The summed E-state index contributed by atoms with van der Waals surface area (Å²) >= 11 is 0. The molecule has 8 nitrogen and oxygen atoms in total. The molecule has 0 aromatic heterocycles. The predicted molar refractivity (Wildman–Crippen MR) is 111 cm³/mol. The SMILES string of the molecule is CNS(=O)(=O)c1cc(C)cc2c1OC1=CC(=O)C3=C(O)c4ccccc4C(=O)C3C1=[NH+]2. The Kier molecular flexibility index (Phi) is 4.05. The number of benzene rings is 2. The molecule has 3 N–H and O–H groups in total. The number of nitrogens with one attached hydrogen (secondary N) is 2. The van der Waals surface area contributed by atoms with Gasteiger partial charge in [-0.05, 0) is 25.6 Å². The summed E-state index contributed by atoms with van der Waals surface area (Å²) in [4.78, 5) is 29.2. The first-order valence-electron chi connectivity index (χ1n) is 9.46. The van der Waals surface area contributed by atoms with Crippen LogP contribution in [0.2, 0.25) is 0 Å². The lowest BCUT2D eigenvalue weighted by Crippen LogP contribution is -2.72. The number of ether oxygens (including phenoxy) is 1. The lowest BCUT2D eigenvalue weighted by Gasteiger charge is -2.29. The number of ketones is 2. The van der Waals surface area contributed by atoms with E-state index >= 15 is 0 Å². The Labute approximate surface area is 177 Å². The number of allylic oxidation sites excluding steroid dienone is 3. The molecular weight excluding hydrogens is 420 g/mol. The van der Waals surface area contributed by atoms with Crippen LogP contribution in [-0.2, 0) is 14.8 Å². The van der Waals surface area contributed by atoms with E-state index in [-0.39, 0.29) is 39.2 Å². The molecule has 1 atom stereocenters. The number of hydrogen-bond acceptors (Lipinski definition) is 6. The van der Waals surface area contributed by atoms with Crippen LogP contribution >= 0.6 is 0 Å². The fourth-order valence-corrected chi connectivity index (χ4v) is 5.10. The van der Waals surface area contributed by atoms with E-state index in [1.807, 2.05) is 0 Å². The summed E-state index contributed by atoms with van der Waals surface area (Å²) in [6, 6.07) is 9.68. The molecule has 31 heavy (non-hydrogen) atoms. The van der Waals surface area contributed by atoms with Gasteiger partial charge in [-0.3, -0.25) is 9.59 Å². The molecule has 0 radical (unpaired) electrons. The molecule has 0 saturated heterocycles. The lowest BCUT2D eigenvalue weighted by atomic mass is 9.73. The molecule has 9 heteroatoms. The summed E-state index contributed by atoms with van der Waals surface area (Å²) in [6.45, 7) is 1.73. The molecule has 2 aromatic rings. The van der Waals surface area contributed by atoms with Crippen molar-refractivity contribution in [2.24, 2.45) is 5.92 Å². The van der Waals surface area contributed by atoms with Crippen LogP contribution in [0.15, 0.2) is 58.7 Å². The van der Waals surface area contributed by atoms with E-state index in [0.29, 0.717) is 22.4 Å². The van der Waals surface area contributed by atoms with Crippen molar-refractivity contribution in [3.8, 4) is 5.75 Å². The molecule has 1 unspecified atom stereocenters. The second-order valence-corrected chi connectivity index (χ2v) is 9.32. The molecule has 0 spiro atoms. The van der Waals surface area contributed by atoms with Gasteiger partial charge in [0, 0.05) is 23.3 Å². The van der Waals surface area contributed by atoms with Crippen molar-refractivity contribution in [3.05, 3.63) is 70.5 Å². The molecule has 156 valence electrons. The van der Waals surface area contributed by atoms with Crippen molar-refractivity contribution in [2.75, 3.05) is 7.05 Å². The lowest BCUT2D eigenvalue weighted by molar-refractivity contribution is -0.361. The number of fused-ring (bicyclic) bond motifs is 5. The minimum atomic E-state index is -3.85. The first-order valence-corrected chi connectivity index (χ1v) is 10.9. The molecule has 0 amide bonds. The van der Waals surface area contributed by atoms with Crippen LogP contribution in [-0.4, -0.2) is 37.9 Å². The van der Waals surface area contributed by atoms with Gasteiger partial charge >= 0.3 is 0 Å². The third-order valence-electron chi connectivity index (χ3n) is 5.57. The molecule has 2 aromatic carbocycles. The number of Topliss-reactive ketones (excluding diaryl/α,β-unsaturated/α-hetero) is 1. The second kappa shape index (κ2) is 6.47. The Bertz CT molecular complexity index is 1420. The summed E-state index contributed by atoms with van der Waals surface area (Å²) in [5.41, 5.74) is 1.86. The van der Waals surface area contributed by atoms with Crippen molar-refractivity contribution in [3.63, 3.8) is 0 Å². The van der Waals surface area contributed by atoms with Crippen LogP contribution in [0.5, 0.6) is 5.75 Å². The number of sulfonamides is 1. The fraction of sp³-hybridized carbons (Fsp3) is 0.136. The van der Waals surface area contributed by atoms with Gasteiger partial charge in [0.05, 0.1) is 5.57 Å².